The summed E-state index contributed by atoms with van der Waals surface area (Å²) >= 11 is 0. The van der Waals surface area contributed by atoms with Gasteiger partial charge in [-0.1, -0.05) is 30.3 Å². The van der Waals surface area contributed by atoms with Crippen LogP contribution in [0.1, 0.15) is 37.0 Å². The molecule has 5 heteroatoms. The van der Waals surface area contributed by atoms with Gasteiger partial charge in [-0.3, -0.25) is 14.9 Å². The van der Waals surface area contributed by atoms with E-state index in [1.807, 2.05) is 12.4 Å². The summed E-state index contributed by atoms with van der Waals surface area (Å²) in [6.45, 7) is 9.98. The Morgan fingerprint density at radius 2 is 1.96 bits per heavy atom. The van der Waals surface area contributed by atoms with Crippen LogP contribution in [-0.4, -0.2) is 48.6 Å². The molecule has 0 saturated heterocycles. The zero-order chi connectivity index (χ0) is 20.2. The number of rotatable bonds is 10. The number of nitrogens with one attached hydrogen (secondary N) is 2. The van der Waals surface area contributed by atoms with E-state index < -0.39 is 0 Å². The Labute approximate surface area is 170 Å². The van der Waals surface area contributed by atoms with Gasteiger partial charge in [0.25, 0.3) is 0 Å². The van der Waals surface area contributed by atoms with Crippen LogP contribution in [0, 0.1) is 6.92 Å². The van der Waals surface area contributed by atoms with Crippen LogP contribution in [0.15, 0.2) is 53.8 Å². The molecule has 152 valence electrons. The summed E-state index contributed by atoms with van der Waals surface area (Å²) in [6, 6.07) is 13.2. The van der Waals surface area contributed by atoms with Gasteiger partial charge in [0.1, 0.15) is 0 Å². The number of nitrogens with zero attached hydrogens (tertiary/aromatic N) is 3. The van der Waals surface area contributed by atoms with Crippen molar-refractivity contribution in [1.29, 1.82) is 0 Å². The number of aliphatic imine (C=N–C) groups is 1. The third-order valence-corrected chi connectivity index (χ3v) is 5.01. The summed E-state index contributed by atoms with van der Waals surface area (Å²) in [4.78, 5) is 11.3. The van der Waals surface area contributed by atoms with E-state index in [1.54, 1.807) is 0 Å². The normalized spacial score (nSPS) is 12.8. The predicted octanol–water partition coefficient (Wildman–Crippen LogP) is 3.40. The quantitative estimate of drug-likeness (QED) is 0.489. The minimum atomic E-state index is 0.478. The van der Waals surface area contributed by atoms with Crippen molar-refractivity contribution in [2.75, 3.05) is 26.7 Å². The fraction of sp³-hybridized carbons (Fsp3) is 0.478. The van der Waals surface area contributed by atoms with Crippen molar-refractivity contribution in [3.8, 4) is 0 Å². The molecule has 2 N–H and O–H groups in total. The summed E-state index contributed by atoms with van der Waals surface area (Å²) in [6.07, 6.45) is 5.77. The van der Waals surface area contributed by atoms with Crippen molar-refractivity contribution in [3.63, 3.8) is 0 Å². The number of guanidine groups is 1. The first kappa shape index (κ1) is 21.9. The van der Waals surface area contributed by atoms with Crippen LogP contribution < -0.4 is 10.6 Å². The lowest BCUT2D eigenvalue weighted by molar-refractivity contribution is 0.240. The zero-order valence-corrected chi connectivity index (χ0v) is 17.8. The monoisotopic (exact) mass is 381 g/mol. The van der Waals surface area contributed by atoms with Crippen LogP contribution in [-0.2, 0) is 13.0 Å². The summed E-state index contributed by atoms with van der Waals surface area (Å²) in [5, 5.41) is 6.78. The average molecular weight is 382 g/mol. The van der Waals surface area contributed by atoms with Crippen molar-refractivity contribution in [2.24, 2.45) is 4.99 Å². The molecule has 0 aliphatic carbocycles. The molecule has 0 aliphatic heterocycles. The van der Waals surface area contributed by atoms with E-state index in [1.165, 1.54) is 16.7 Å². The Kier molecular flexibility index (Phi) is 9.49. The highest BCUT2D eigenvalue weighted by Gasteiger charge is 2.09. The van der Waals surface area contributed by atoms with Gasteiger partial charge in [-0.15, -0.1) is 0 Å². The van der Waals surface area contributed by atoms with Crippen LogP contribution in [0.3, 0.4) is 0 Å². The van der Waals surface area contributed by atoms with Crippen LogP contribution in [0.5, 0.6) is 0 Å². The highest BCUT2D eigenvalue weighted by molar-refractivity contribution is 5.79. The molecule has 2 rings (SSSR count). The molecule has 1 heterocycles. The summed E-state index contributed by atoms with van der Waals surface area (Å²) < 4.78 is 0. The number of aromatic nitrogens is 1. The molecule has 1 unspecified atom stereocenters. The first-order chi connectivity index (χ1) is 13.6. The molecule has 0 bridgehead atoms. The van der Waals surface area contributed by atoms with Crippen molar-refractivity contribution < 1.29 is 0 Å². The fourth-order valence-electron chi connectivity index (χ4n) is 3.05. The van der Waals surface area contributed by atoms with E-state index in [9.17, 15) is 0 Å². The maximum atomic E-state index is 4.75. The van der Waals surface area contributed by atoms with Gasteiger partial charge in [0, 0.05) is 44.6 Å². The van der Waals surface area contributed by atoms with Gasteiger partial charge in [0.15, 0.2) is 5.96 Å². The van der Waals surface area contributed by atoms with E-state index >= 15 is 0 Å². The second kappa shape index (κ2) is 12.1. The second-order valence-corrected chi connectivity index (χ2v) is 7.28. The molecule has 1 aromatic heterocycles. The summed E-state index contributed by atoms with van der Waals surface area (Å²) in [5.74, 6) is 0.895. The first-order valence-electron chi connectivity index (χ1n) is 10.3. The van der Waals surface area contributed by atoms with Gasteiger partial charge in [0.05, 0.1) is 0 Å². The Bertz CT molecular complexity index is 714. The van der Waals surface area contributed by atoms with Crippen LogP contribution in [0.25, 0.3) is 0 Å². The minimum Gasteiger partial charge on any atom is -0.357 e. The Morgan fingerprint density at radius 3 is 2.68 bits per heavy atom. The van der Waals surface area contributed by atoms with E-state index in [2.05, 4.69) is 84.7 Å². The second-order valence-electron chi connectivity index (χ2n) is 7.28. The third kappa shape index (κ3) is 7.69. The summed E-state index contributed by atoms with van der Waals surface area (Å²) in [7, 11) is 2.18. The molecule has 1 atom stereocenters. The molecule has 28 heavy (non-hydrogen) atoms. The molecule has 0 spiro atoms. The third-order valence-electron chi connectivity index (χ3n) is 5.01. The standard InChI is InChI=1S/C23H35N5/c1-5-25-23(27-16-13-22-12-14-24-17-19(22)2)26-15-11-20(3)28(4)18-21-9-7-6-8-10-21/h6-10,12,14,17,20H,5,11,13,15-16,18H2,1-4H3,(H2,25,26,27). The first-order valence-corrected chi connectivity index (χ1v) is 10.3. The highest BCUT2D eigenvalue weighted by Crippen LogP contribution is 2.08. The molecule has 0 fully saturated rings. The van der Waals surface area contributed by atoms with E-state index in [-0.39, 0.29) is 0 Å². The zero-order valence-electron chi connectivity index (χ0n) is 17.8. The Balaban J connectivity index is 1.77. The van der Waals surface area contributed by atoms with Crippen LogP contribution in [0.4, 0.5) is 0 Å². The van der Waals surface area contributed by atoms with E-state index in [0.717, 1.165) is 45.0 Å². The van der Waals surface area contributed by atoms with Crippen molar-refractivity contribution in [3.05, 3.63) is 65.5 Å². The maximum Gasteiger partial charge on any atom is 0.191 e. The lowest BCUT2D eigenvalue weighted by Crippen LogP contribution is -2.38. The van der Waals surface area contributed by atoms with E-state index in [4.69, 9.17) is 4.99 Å². The molecular weight excluding hydrogens is 346 g/mol. The SMILES string of the molecule is CCNC(=NCCC(C)N(C)Cc1ccccc1)NCCc1ccncc1C. The molecular formula is C23H35N5. The van der Waals surface area contributed by atoms with Gasteiger partial charge in [0.2, 0.25) is 0 Å². The van der Waals surface area contributed by atoms with Crippen molar-refractivity contribution >= 4 is 5.96 Å². The maximum absolute atomic E-state index is 4.75. The number of hydrogen-bond donors (Lipinski definition) is 2. The lowest BCUT2D eigenvalue weighted by atomic mass is 10.1. The van der Waals surface area contributed by atoms with Gasteiger partial charge >= 0.3 is 0 Å². The average Bonchev–Trinajstić information content (AvgIpc) is 2.70. The smallest absolute Gasteiger partial charge is 0.191 e. The number of hydrogen-bond acceptors (Lipinski definition) is 3. The molecule has 0 aliphatic rings. The molecule has 5 nitrogen and oxygen atoms in total. The van der Waals surface area contributed by atoms with E-state index in [0.29, 0.717) is 6.04 Å². The van der Waals surface area contributed by atoms with Crippen molar-refractivity contribution in [2.45, 2.75) is 46.2 Å². The van der Waals surface area contributed by atoms with Gasteiger partial charge < -0.3 is 10.6 Å². The molecule has 2 aromatic rings. The topological polar surface area (TPSA) is 52.6 Å². The number of benzene rings is 1. The van der Waals surface area contributed by atoms with Gasteiger partial charge in [-0.2, -0.15) is 0 Å². The predicted molar refractivity (Wildman–Crippen MR) is 119 cm³/mol. The fourth-order valence-corrected chi connectivity index (χ4v) is 3.05. The van der Waals surface area contributed by atoms with Crippen molar-refractivity contribution in [1.82, 2.24) is 20.5 Å². The largest absolute Gasteiger partial charge is 0.357 e. The number of aryl methyl sites for hydroxylation is 1. The van der Waals surface area contributed by atoms with Crippen LogP contribution >= 0.6 is 0 Å². The Morgan fingerprint density at radius 1 is 1.18 bits per heavy atom. The molecule has 0 radical (unpaired) electrons. The molecule has 1 aromatic carbocycles. The molecule has 0 saturated carbocycles. The summed E-state index contributed by atoms with van der Waals surface area (Å²) in [5.41, 5.74) is 3.91. The van der Waals surface area contributed by atoms with Gasteiger partial charge in [-0.25, -0.2) is 0 Å². The van der Waals surface area contributed by atoms with Crippen LogP contribution in [0.2, 0.25) is 0 Å². The highest BCUT2D eigenvalue weighted by atomic mass is 15.2. The Hall–Kier alpha value is -2.40. The lowest BCUT2D eigenvalue weighted by Gasteiger charge is -2.24. The minimum absolute atomic E-state index is 0.478. The van der Waals surface area contributed by atoms with Gasteiger partial charge in [-0.05, 0) is 63.4 Å². The molecule has 0 amide bonds. The number of pyridine rings is 1.